The number of halogens is 3. The van der Waals surface area contributed by atoms with Crippen LogP contribution in [0.15, 0.2) is 39.7 Å². The van der Waals surface area contributed by atoms with E-state index in [-0.39, 0.29) is 9.92 Å². The Bertz CT molecular complexity index is 942. The van der Waals surface area contributed by atoms with E-state index in [1.807, 2.05) is 0 Å². The number of piperazine rings is 1. The second-order valence-electron chi connectivity index (χ2n) is 6.38. The van der Waals surface area contributed by atoms with Crippen LogP contribution in [-0.4, -0.2) is 38.9 Å². The molecule has 4 nitrogen and oxygen atoms in total. The largest absolute Gasteiger partial charge is 0.369 e. The predicted octanol–water partition coefficient (Wildman–Crippen LogP) is 4.88. The Morgan fingerprint density at radius 2 is 1.58 bits per heavy atom. The van der Waals surface area contributed by atoms with Crippen LogP contribution < -0.4 is 4.90 Å². The minimum Gasteiger partial charge on any atom is -0.369 e. The number of benzene rings is 2. The highest BCUT2D eigenvalue weighted by Gasteiger charge is 2.31. The Morgan fingerprint density at radius 3 is 2.19 bits per heavy atom. The first-order valence-corrected chi connectivity index (χ1v) is 11.2. The standard InChI is InChI=1S/C18H19BrCl2N2O2S/c1-12-3-4-17(13(2)9-12)22-5-7-23(8-6-22)26(24,25)18-11-16(21)15(20)10-14(18)19/h3-4,9-11H,5-8H2,1-2H3. The summed E-state index contributed by atoms with van der Waals surface area (Å²) in [4.78, 5) is 2.37. The smallest absolute Gasteiger partial charge is 0.244 e. The first kappa shape index (κ1) is 20.0. The van der Waals surface area contributed by atoms with Crippen LogP contribution in [0.4, 0.5) is 5.69 Å². The summed E-state index contributed by atoms with van der Waals surface area (Å²) in [7, 11) is -3.64. The van der Waals surface area contributed by atoms with E-state index in [1.54, 1.807) is 0 Å². The van der Waals surface area contributed by atoms with Gasteiger partial charge in [-0.05, 0) is 53.5 Å². The van der Waals surface area contributed by atoms with Crippen molar-refractivity contribution in [3.8, 4) is 0 Å². The maximum Gasteiger partial charge on any atom is 0.244 e. The molecule has 0 spiro atoms. The normalized spacial score (nSPS) is 16.1. The molecule has 0 saturated carbocycles. The number of hydrogen-bond donors (Lipinski definition) is 0. The van der Waals surface area contributed by atoms with Gasteiger partial charge in [0.25, 0.3) is 0 Å². The van der Waals surface area contributed by atoms with Gasteiger partial charge in [0.2, 0.25) is 10.0 Å². The molecule has 0 unspecified atom stereocenters. The number of rotatable bonds is 3. The second-order valence-corrected chi connectivity index (χ2v) is 9.95. The van der Waals surface area contributed by atoms with Crippen molar-refractivity contribution in [2.24, 2.45) is 0 Å². The van der Waals surface area contributed by atoms with E-state index in [9.17, 15) is 8.42 Å². The van der Waals surface area contributed by atoms with E-state index in [0.29, 0.717) is 35.7 Å². The van der Waals surface area contributed by atoms with Gasteiger partial charge in [0.1, 0.15) is 0 Å². The molecule has 26 heavy (non-hydrogen) atoms. The molecule has 2 aromatic rings. The van der Waals surface area contributed by atoms with Crippen LogP contribution in [0.25, 0.3) is 0 Å². The van der Waals surface area contributed by atoms with Crippen LogP contribution in [0.2, 0.25) is 10.0 Å². The topological polar surface area (TPSA) is 40.6 Å². The van der Waals surface area contributed by atoms with E-state index >= 15 is 0 Å². The zero-order valence-electron chi connectivity index (χ0n) is 14.5. The van der Waals surface area contributed by atoms with E-state index in [2.05, 4.69) is 52.9 Å². The average molecular weight is 478 g/mol. The first-order valence-electron chi connectivity index (χ1n) is 8.17. The lowest BCUT2D eigenvalue weighted by Crippen LogP contribution is -2.48. The second kappa shape index (κ2) is 7.68. The van der Waals surface area contributed by atoms with Crippen molar-refractivity contribution in [2.45, 2.75) is 18.7 Å². The summed E-state index contributed by atoms with van der Waals surface area (Å²) < 4.78 is 27.9. The molecule has 8 heteroatoms. The van der Waals surface area contributed by atoms with Gasteiger partial charge < -0.3 is 4.90 Å². The van der Waals surface area contributed by atoms with Gasteiger partial charge in [-0.15, -0.1) is 0 Å². The molecule has 3 rings (SSSR count). The van der Waals surface area contributed by atoms with Crippen molar-refractivity contribution in [1.29, 1.82) is 0 Å². The maximum absolute atomic E-state index is 13.0. The molecule has 0 aromatic heterocycles. The van der Waals surface area contributed by atoms with Gasteiger partial charge in [-0.2, -0.15) is 4.31 Å². The Morgan fingerprint density at radius 1 is 0.962 bits per heavy atom. The van der Waals surface area contributed by atoms with Gasteiger partial charge >= 0.3 is 0 Å². The molecule has 1 aliphatic rings. The zero-order valence-corrected chi connectivity index (χ0v) is 18.4. The van der Waals surface area contributed by atoms with Crippen LogP contribution in [0.3, 0.4) is 0 Å². The molecule has 0 aliphatic carbocycles. The molecule has 0 atom stereocenters. The molecule has 1 fully saturated rings. The van der Waals surface area contributed by atoms with Crippen LogP contribution in [0, 0.1) is 13.8 Å². The van der Waals surface area contributed by atoms with Crippen LogP contribution >= 0.6 is 39.1 Å². The monoisotopic (exact) mass is 476 g/mol. The van der Waals surface area contributed by atoms with Crippen molar-refractivity contribution in [1.82, 2.24) is 4.31 Å². The third-order valence-corrected chi connectivity index (χ3v) is 8.10. The molecule has 1 saturated heterocycles. The summed E-state index contributed by atoms with van der Waals surface area (Å²) in [5.74, 6) is 0. The summed E-state index contributed by atoms with van der Waals surface area (Å²) in [6.07, 6.45) is 0. The summed E-state index contributed by atoms with van der Waals surface area (Å²) >= 11 is 15.3. The SMILES string of the molecule is Cc1ccc(N2CCN(S(=O)(=O)c3cc(Cl)c(Cl)cc3Br)CC2)c(C)c1. The summed E-state index contributed by atoms with van der Waals surface area (Å²) in [6.45, 7) is 6.27. The summed E-state index contributed by atoms with van der Waals surface area (Å²) in [5.41, 5.74) is 3.58. The van der Waals surface area contributed by atoms with Crippen LogP contribution in [0.1, 0.15) is 11.1 Å². The summed E-state index contributed by atoms with van der Waals surface area (Å²) in [6, 6.07) is 9.25. The van der Waals surface area contributed by atoms with E-state index in [4.69, 9.17) is 23.2 Å². The number of nitrogens with zero attached hydrogens (tertiary/aromatic N) is 2. The maximum atomic E-state index is 13.0. The van der Waals surface area contributed by atoms with Gasteiger partial charge in [0.15, 0.2) is 0 Å². The highest BCUT2D eigenvalue weighted by molar-refractivity contribution is 9.10. The highest BCUT2D eigenvalue weighted by Crippen LogP contribution is 2.34. The fourth-order valence-corrected chi connectivity index (χ4v) is 6.15. The third kappa shape index (κ3) is 3.90. The van der Waals surface area contributed by atoms with Crippen molar-refractivity contribution in [3.63, 3.8) is 0 Å². The molecule has 0 radical (unpaired) electrons. The lowest BCUT2D eigenvalue weighted by molar-refractivity contribution is 0.384. The van der Waals surface area contributed by atoms with E-state index in [0.717, 1.165) is 5.69 Å². The molecule has 0 bridgehead atoms. The fraction of sp³-hybridized carbons (Fsp3) is 0.333. The van der Waals surface area contributed by atoms with Crippen LogP contribution in [0.5, 0.6) is 0 Å². The molecular formula is C18H19BrCl2N2O2S. The molecule has 1 aliphatic heterocycles. The van der Waals surface area contributed by atoms with E-state index < -0.39 is 10.0 Å². The van der Waals surface area contributed by atoms with Gasteiger partial charge in [0, 0.05) is 36.3 Å². The molecule has 2 aromatic carbocycles. The molecule has 140 valence electrons. The Balaban J connectivity index is 1.80. The third-order valence-electron chi connectivity index (χ3n) is 4.52. The van der Waals surface area contributed by atoms with Crippen LogP contribution in [-0.2, 0) is 10.0 Å². The predicted molar refractivity (Wildman–Crippen MR) is 111 cm³/mol. The lowest BCUT2D eigenvalue weighted by Gasteiger charge is -2.36. The minimum absolute atomic E-state index is 0.145. The van der Waals surface area contributed by atoms with E-state index in [1.165, 1.54) is 27.6 Å². The quantitative estimate of drug-likeness (QED) is 0.591. The first-order chi connectivity index (χ1) is 12.2. The highest BCUT2D eigenvalue weighted by atomic mass is 79.9. The van der Waals surface area contributed by atoms with Crippen molar-refractivity contribution < 1.29 is 8.42 Å². The number of anilines is 1. The van der Waals surface area contributed by atoms with Gasteiger partial charge in [0.05, 0.1) is 14.9 Å². The van der Waals surface area contributed by atoms with Crippen molar-refractivity contribution in [2.75, 3.05) is 31.1 Å². The molecule has 0 amide bonds. The summed E-state index contributed by atoms with van der Waals surface area (Å²) in [5, 5.41) is 0.541. The minimum atomic E-state index is -3.64. The lowest BCUT2D eigenvalue weighted by atomic mass is 10.1. The Kier molecular flexibility index (Phi) is 5.89. The molecular weight excluding hydrogens is 459 g/mol. The average Bonchev–Trinajstić information content (AvgIpc) is 2.58. The molecule has 1 heterocycles. The van der Waals surface area contributed by atoms with Crippen molar-refractivity contribution in [3.05, 3.63) is 56.0 Å². The fourth-order valence-electron chi connectivity index (χ4n) is 3.17. The van der Waals surface area contributed by atoms with Gasteiger partial charge in [-0.1, -0.05) is 40.9 Å². The number of sulfonamides is 1. The van der Waals surface area contributed by atoms with Gasteiger partial charge in [-0.25, -0.2) is 8.42 Å². The zero-order chi connectivity index (χ0) is 19.1. The van der Waals surface area contributed by atoms with Crippen molar-refractivity contribution >= 4 is 54.8 Å². The Labute approximate surface area is 172 Å². The number of hydrogen-bond acceptors (Lipinski definition) is 3. The molecule has 0 N–H and O–H groups in total. The number of aryl methyl sites for hydroxylation is 2. The van der Waals surface area contributed by atoms with Gasteiger partial charge in [-0.3, -0.25) is 0 Å². The Hall–Kier alpha value is -0.790.